The van der Waals surface area contributed by atoms with Crippen molar-refractivity contribution in [1.29, 1.82) is 0 Å². The standard InChI is InChI=1S/C20H19BrN6O/c1-13-4-5-14(2)18(10-13)27-19(21)17(11-22-27)20-23-25-26(24-20)12-15-6-8-16(28-3)9-7-15/h4-11H,12H2,1-3H3. The Morgan fingerprint density at radius 1 is 1.07 bits per heavy atom. The molecule has 28 heavy (non-hydrogen) atoms. The van der Waals surface area contributed by atoms with E-state index in [2.05, 4.69) is 68.5 Å². The van der Waals surface area contributed by atoms with Gasteiger partial charge in [-0.1, -0.05) is 24.3 Å². The molecule has 0 unspecified atom stereocenters. The number of hydrogen-bond acceptors (Lipinski definition) is 5. The van der Waals surface area contributed by atoms with Gasteiger partial charge in [0.2, 0.25) is 5.82 Å². The summed E-state index contributed by atoms with van der Waals surface area (Å²) in [5.41, 5.74) is 5.19. The van der Waals surface area contributed by atoms with Gasteiger partial charge in [0.15, 0.2) is 0 Å². The lowest BCUT2D eigenvalue weighted by molar-refractivity contribution is 0.414. The van der Waals surface area contributed by atoms with Gasteiger partial charge < -0.3 is 4.74 Å². The zero-order valence-corrected chi connectivity index (χ0v) is 17.4. The zero-order valence-electron chi connectivity index (χ0n) is 15.8. The lowest BCUT2D eigenvalue weighted by atomic mass is 10.1. The molecule has 8 heteroatoms. The Labute approximate surface area is 171 Å². The van der Waals surface area contributed by atoms with Gasteiger partial charge in [-0.25, -0.2) is 4.68 Å². The molecule has 4 rings (SSSR count). The molecule has 0 aliphatic rings. The Morgan fingerprint density at radius 3 is 2.61 bits per heavy atom. The van der Waals surface area contributed by atoms with Gasteiger partial charge in [-0.2, -0.15) is 9.90 Å². The molecule has 0 atom stereocenters. The summed E-state index contributed by atoms with van der Waals surface area (Å²) in [5.74, 6) is 1.34. The summed E-state index contributed by atoms with van der Waals surface area (Å²) < 4.78 is 7.83. The number of benzene rings is 2. The fraction of sp³-hybridized carbons (Fsp3) is 0.200. The third kappa shape index (κ3) is 3.55. The molecule has 0 radical (unpaired) electrons. The number of aryl methyl sites for hydroxylation is 2. The number of ether oxygens (including phenoxy) is 1. The summed E-state index contributed by atoms with van der Waals surface area (Å²) in [7, 11) is 1.65. The zero-order chi connectivity index (χ0) is 19.7. The molecule has 2 heterocycles. The van der Waals surface area contributed by atoms with E-state index in [0.29, 0.717) is 12.4 Å². The van der Waals surface area contributed by atoms with Crippen LogP contribution in [0.2, 0.25) is 0 Å². The van der Waals surface area contributed by atoms with Gasteiger partial charge in [-0.15, -0.1) is 10.2 Å². The molecule has 0 N–H and O–H groups in total. The summed E-state index contributed by atoms with van der Waals surface area (Å²) in [6, 6.07) is 14.1. The molecule has 0 amide bonds. The quantitative estimate of drug-likeness (QED) is 0.471. The third-order valence-corrected chi connectivity index (χ3v) is 5.24. The molecule has 7 nitrogen and oxygen atoms in total. The summed E-state index contributed by atoms with van der Waals surface area (Å²) in [5, 5.41) is 17.4. The Balaban J connectivity index is 1.60. The number of aromatic nitrogens is 6. The highest BCUT2D eigenvalue weighted by atomic mass is 79.9. The van der Waals surface area contributed by atoms with Crippen LogP contribution in [0.25, 0.3) is 17.1 Å². The summed E-state index contributed by atoms with van der Waals surface area (Å²) in [6.07, 6.45) is 1.75. The number of hydrogen-bond donors (Lipinski definition) is 0. The summed E-state index contributed by atoms with van der Waals surface area (Å²) >= 11 is 3.64. The van der Waals surface area contributed by atoms with Crippen molar-refractivity contribution in [3.05, 3.63) is 70.0 Å². The van der Waals surface area contributed by atoms with E-state index in [9.17, 15) is 0 Å². The van der Waals surface area contributed by atoms with E-state index >= 15 is 0 Å². The molecular formula is C20H19BrN6O. The molecule has 0 saturated heterocycles. The minimum absolute atomic E-state index is 0.525. The number of halogens is 1. The van der Waals surface area contributed by atoms with Crippen molar-refractivity contribution >= 4 is 15.9 Å². The molecule has 0 aliphatic carbocycles. The molecule has 142 valence electrons. The summed E-state index contributed by atoms with van der Waals surface area (Å²) in [6.45, 7) is 4.65. The van der Waals surface area contributed by atoms with E-state index in [0.717, 1.165) is 32.7 Å². The lowest BCUT2D eigenvalue weighted by Gasteiger charge is -2.08. The van der Waals surface area contributed by atoms with Gasteiger partial charge in [0.1, 0.15) is 10.4 Å². The molecule has 0 fully saturated rings. The van der Waals surface area contributed by atoms with Gasteiger partial charge in [0.25, 0.3) is 0 Å². The predicted octanol–water partition coefficient (Wildman–Crippen LogP) is 3.96. The van der Waals surface area contributed by atoms with Crippen molar-refractivity contribution in [1.82, 2.24) is 30.0 Å². The van der Waals surface area contributed by atoms with E-state index in [1.807, 2.05) is 28.9 Å². The first-order valence-electron chi connectivity index (χ1n) is 8.77. The maximum atomic E-state index is 5.18. The van der Waals surface area contributed by atoms with Crippen LogP contribution in [0.15, 0.2) is 53.3 Å². The second-order valence-corrected chi connectivity index (χ2v) is 7.29. The average Bonchev–Trinajstić information content (AvgIpc) is 3.31. The van der Waals surface area contributed by atoms with Crippen LogP contribution in [0, 0.1) is 13.8 Å². The van der Waals surface area contributed by atoms with Crippen LogP contribution in [0.1, 0.15) is 16.7 Å². The van der Waals surface area contributed by atoms with Gasteiger partial charge in [-0.3, -0.25) is 0 Å². The molecule has 0 saturated carbocycles. The first kappa shape index (κ1) is 18.4. The van der Waals surface area contributed by atoms with Crippen molar-refractivity contribution in [3.8, 4) is 22.8 Å². The van der Waals surface area contributed by atoms with Crippen LogP contribution in [0.4, 0.5) is 0 Å². The van der Waals surface area contributed by atoms with E-state index in [4.69, 9.17) is 4.74 Å². The van der Waals surface area contributed by atoms with E-state index in [-0.39, 0.29) is 0 Å². The van der Waals surface area contributed by atoms with E-state index in [1.54, 1.807) is 18.1 Å². The normalized spacial score (nSPS) is 11.0. The minimum atomic E-state index is 0.525. The highest BCUT2D eigenvalue weighted by molar-refractivity contribution is 9.10. The maximum absolute atomic E-state index is 5.18. The Bertz CT molecular complexity index is 1120. The highest BCUT2D eigenvalue weighted by Gasteiger charge is 2.17. The third-order valence-electron chi connectivity index (χ3n) is 4.48. The SMILES string of the molecule is COc1ccc(Cn2nnc(-c3cnn(-c4cc(C)ccc4C)c3Br)n2)cc1. The van der Waals surface area contributed by atoms with Gasteiger partial charge in [0, 0.05) is 0 Å². The van der Waals surface area contributed by atoms with Crippen LogP contribution < -0.4 is 4.74 Å². The smallest absolute Gasteiger partial charge is 0.209 e. The second kappa shape index (κ2) is 7.55. The minimum Gasteiger partial charge on any atom is -0.497 e. The van der Waals surface area contributed by atoms with Crippen molar-refractivity contribution < 1.29 is 4.74 Å². The fourth-order valence-electron chi connectivity index (χ4n) is 2.91. The number of nitrogens with zero attached hydrogens (tertiary/aromatic N) is 6. The molecule has 4 aromatic rings. The van der Waals surface area contributed by atoms with Crippen LogP contribution in [0.3, 0.4) is 0 Å². The first-order chi connectivity index (χ1) is 13.5. The molecular weight excluding hydrogens is 420 g/mol. The molecule has 2 aromatic carbocycles. The van der Waals surface area contributed by atoms with Crippen molar-refractivity contribution in [2.24, 2.45) is 0 Å². The van der Waals surface area contributed by atoms with Crippen LogP contribution >= 0.6 is 15.9 Å². The van der Waals surface area contributed by atoms with Crippen LogP contribution in [0.5, 0.6) is 5.75 Å². The molecule has 0 bridgehead atoms. The Kier molecular flexibility index (Phi) is 4.95. The maximum Gasteiger partial charge on any atom is 0.209 e. The molecule has 0 spiro atoms. The predicted molar refractivity (Wildman–Crippen MR) is 110 cm³/mol. The fourth-order valence-corrected chi connectivity index (χ4v) is 3.47. The Hall–Kier alpha value is -3.00. The average molecular weight is 439 g/mol. The topological polar surface area (TPSA) is 70.7 Å². The number of methoxy groups -OCH3 is 1. The van der Waals surface area contributed by atoms with Gasteiger partial charge in [0.05, 0.1) is 31.1 Å². The second-order valence-electron chi connectivity index (χ2n) is 6.54. The Morgan fingerprint density at radius 2 is 1.86 bits per heavy atom. The van der Waals surface area contributed by atoms with Crippen molar-refractivity contribution in [3.63, 3.8) is 0 Å². The van der Waals surface area contributed by atoms with Crippen molar-refractivity contribution in [2.75, 3.05) is 7.11 Å². The van der Waals surface area contributed by atoms with Crippen molar-refractivity contribution in [2.45, 2.75) is 20.4 Å². The monoisotopic (exact) mass is 438 g/mol. The summed E-state index contributed by atoms with van der Waals surface area (Å²) in [4.78, 5) is 1.57. The highest BCUT2D eigenvalue weighted by Crippen LogP contribution is 2.29. The largest absolute Gasteiger partial charge is 0.497 e. The number of rotatable bonds is 5. The van der Waals surface area contributed by atoms with Gasteiger partial charge in [-0.05, 0) is 69.9 Å². The van der Waals surface area contributed by atoms with Crippen LogP contribution in [-0.2, 0) is 6.54 Å². The first-order valence-corrected chi connectivity index (χ1v) is 9.56. The van der Waals surface area contributed by atoms with E-state index in [1.165, 1.54) is 5.56 Å². The lowest BCUT2D eigenvalue weighted by Crippen LogP contribution is -2.04. The molecule has 2 aromatic heterocycles. The molecule has 0 aliphatic heterocycles. The van der Waals surface area contributed by atoms with Crippen LogP contribution in [-0.4, -0.2) is 37.1 Å². The van der Waals surface area contributed by atoms with Gasteiger partial charge >= 0.3 is 0 Å². The number of tetrazole rings is 1. The van der Waals surface area contributed by atoms with E-state index < -0.39 is 0 Å².